The van der Waals surface area contributed by atoms with E-state index in [1.54, 1.807) is 0 Å². The molecule has 2 aliphatic rings. The highest BCUT2D eigenvalue weighted by Gasteiger charge is 2.29. The molecule has 1 atom stereocenters. The van der Waals surface area contributed by atoms with E-state index >= 15 is 0 Å². The first kappa shape index (κ1) is 2.47. The largest absolute Gasteiger partial charge is 0.0903 e. The van der Waals surface area contributed by atoms with Crippen LogP contribution in [0.2, 0.25) is 0 Å². The number of hydrogen-bond donors (Lipinski definition) is 0. The van der Waals surface area contributed by atoms with Crippen LogP contribution in [0.3, 0.4) is 0 Å². The Kier molecular flexibility index (Phi) is 0.223. The fourth-order valence-electron chi connectivity index (χ4n) is 0.715. The van der Waals surface area contributed by atoms with E-state index in [0.717, 1.165) is 0 Å². The van der Waals surface area contributed by atoms with Crippen LogP contribution in [0.25, 0.3) is 0 Å². The van der Waals surface area contributed by atoms with Crippen LogP contribution in [-0.2, 0) is 0 Å². The summed E-state index contributed by atoms with van der Waals surface area (Å²) in [4.78, 5) is 0. The van der Waals surface area contributed by atoms with Crippen molar-refractivity contribution in [3.8, 4) is 11.8 Å². The molecule has 0 saturated heterocycles. The van der Waals surface area contributed by atoms with E-state index in [0.29, 0.717) is 5.92 Å². The summed E-state index contributed by atoms with van der Waals surface area (Å²) in [6, 6.07) is 0. The second kappa shape index (κ2) is 0.541. The topological polar surface area (TPSA) is 0 Å². The van der Waals surface area contributed by atoms with Gasteiger partial charge < -0.3 is 0 Å². The SMILES string of the molecule is C1#CC2CC2=C1. The monoisotopic (exact) mass is 76.0 g/mol. The van der Waals surface area contributed by atoms with E-state index in [4.69, 9.17) is 0 Å². The lowest BCUT2D eigenvalue weighted by Gasteiger charge is -1.55. The predicted octanol–water partition coefficient (Wildman–Crippen LogP) is 0.950. The summed E-state index contributed by atoms with van der Waals surface area (Å²) in [6.07, 6.45) is 3.30. The van der Waals surface area contributed by atoms with Gasteiger partial charge in [-0.15, -0.1) is 0 Å². The molecule has 6 heavy (non-hydrogen) atoms. The molecule has 0 heteroatoms. The van der Waals surface area contributed by atoms with Crippen molar-refractivity contribution < 1.29 is 0 Å². The van der Waals surface area contributed by atoms with Crippen molar-refractivity contribution in [3.05, 3.63) is 11.6 Å². The number of rotatable bonds is 0. The smallest absolute Gasteiger partial charge is 0.0463 e. The van der Waals surface area contributed by atoms with Gasteiger partial charge in [0.2, 0.25) is 0 Å². The molecule has 2 rings (SSSR count). The summed E-state index contributed by atoms with van der Waals surface area (Å²) in [5, 5.41) is 0. The normalized spacial score (nSPS) is 33.3. The third-order valence-electron chi connectivity index (χ3n) is 1.24. The van der Waals surface area contributed by atoms with Gasteiger partial charge in [0.1, 0.15) is 0 Å². The van der Waals surface area contributed by atoms with Crippen molar-refractivity contribution >= 4 is 0 Å². The van der Waals surface area contributed by atoms with Crippen LogP contribution < -0.4 is 0 Å². The highest BCUT2D eigenvalue weighted by Crippen LogP contribution is 2.38. The van der Waals surface area contributed by atoms with E-state index in [1.165, 1.54) is 12.0 Å². The average Bonchev–Trinajstić information content (AvgIpc) is 2.17. The van der Waals surface area contributed by atoms with E-state index in [1.807, 2.05) is 6.08 Å². The Balaban J connectivity index is 2.61. The van der Waals surface area contributed by atoms with Crippen LogP contribution in [-0.4, -0.2) is 0 Å². The van der Waals surface area contributed by atoms with E-state index in [9.17, 15) is 0 Å². The Hall–Kier alpha value is -0.700. The van der Waals surface area contributed by atoms with Crippen LogP contribution in [0.1, 0.15) is 6.42 Å². The first-order valence-electron chi connectivity index (χ1n) is 2.17. The van der Waals surface area contributed by atoms with Gasteiger partial charge in [0, 0.05) is 5.92 Å². The van der Waals surface area contributed by atoms with Crippen LogP contribution in [0.4, 0.5) is 0 Å². The molecule has 0 heterocycles. The highest BCUT2D eigenvalue weighted by atomic mass is 14.3. The summed E-state index contributed by atoms with van der Waals surface area (Å²) in [6.45, 7) is 0. The average molecular weight is 76.1 g/mol. The second-order valence-electron chi connectivity index (χ2n) is 1.76. The van der Waals surface area contributed by atoms with Crippen LogP contribution in [0.5, 0.6) is 0 Å². The van der Waals surface area contributed by atoms with E-state index in [-0.39, 0.29) is 0 Å². The number of allylic oxidation sites excluding steroid dienone is 2. The number of hydrogen-bond acceptors (Lipinski definition) is 0. The quantitative estimate of drug-likeness (QED) is 0.377. The number of fused-ring (bicyclic) bond motifs is 1. The van der Waals surface area contributed by atoms with Crippen molar-refractivity contribution in [1.82, 2.24) is 0 Å². The minimum Gasteiger partial charge on any atom is -0.0903 e. The van der Waals surface area contributed by atoms with Crippen LogP contribution in [0.15, 0.2) is 11.6 Å². The molecule has 0 amide bonds. The zero-order valence-electron chi connectivity index (χ0n) is 3.36. The maximum absolute atomic E-state index is 3.05. The van der Waals surface area contributed by atoms with E-state index < -0.39 is 0 Å². The Morgan fingerprint density at radius 3 is 3.00 bits per heavy atom. The van der Waals surface area contributed by atoms with Crippen molar-refractivity contribution in [3.63, 3.8) is 0 Å². The minimum absolute atomic E-state index is 0.713. The zero-order valence-corrected chi connectivity index (χ0v) is 3.36. The first-order chi connectivity index (χ1) is 2.97. The summed E-state index contributed by atoms with van der Waals surface area (Å²) in [5.74, 6) is 6.67. The molecule has 1 unspecified atom stereocenters. The van der Waals surface area contributed by atoms with Gasteiger partial charge >= 0.3 is 0 Å². The lowest BCUT2D eigenvalue weighted by Crippen LogP contribution is -1.52. The Labute approximate surface area is 36.9 Å². The van der Waals surface area contributed by atoms with Gasteiger partial charge in [-0.2, -0.15) is 0 Å². The third kappa shape index (κ3) is 0.137. The molecule has 0 bridgehead atoms. The molecule has 0 aromatic heterocycles. The fourth-order valence-corrected chi connectivity index (χ4v) is 0.715. The lowest BCUT2D eigenvalue weighted by atomic mass is 10.5. The predicted molar refractivity (Wildman–Crippen MR) is 24.0 cm³/mol. The van der Waals surface area contributed by atoms with Crippen molar-refractivity contribution in [2.24, 2.45) is 5.92 Å². The molecule has 28 valence electrons. The molecule has 0 aliphatic heterocycles. The summed E-state index contributed by atoms with van der Waals surface area (Å²) >= 11 is 0. The summed E-state index contributed by atoms with van der Waals surface area (Å²) in [7, 11) is 0. The van der Waals surface area contributed by atoms with Crippen molar-refractivity contribution in [2.45, 2.75) is 6.42 Å². The summed E-state index contributed by atoms with van der Waals surface area (Å²) < 4.78 is 0. The van der Waals surface area contributed by atoms with Gasteiger partial charge in [-0.05, 0) is 18.1 Å². The lowest BCUT2D eigenvalue weighted by molar-refractivity contribution is 1.23. The summed E-state index contributed by atoms with van der Waals surface area (Å²) in [5.41, 5.74) is 1.52. The second-order valence-corrected chi connectivity index (χ2v) is 1.76. The van der Waals surface area contributed by atoms with Crippen molar-refractivity contribution in [1.29, 1.82) is 0 Å². The molecule has 0 aromatic carbocycles. The molecular formula is C6H4. The zero-order chi connectivity index (χ0) is 3.98. The molecular weight excluding hydrogens is 72.1 g/mol. The molecule has 0 radical (unpaired) electrons. The molecule has 0 nitrogen and oxygen atoms in total. The molecule has 0 N–H and O–H groups in total. The first-order valence-corrected chi connectivity index (χ1v) is 2.17. The van der Waals surface area contributed by atoms with Gasteiger partial charge in [-0.3, -0.25) is 0 Å². The highest BCUT2D eigenvalue weighted by molar-refractivity contribution is 5.46. The van der Waals surface area contributed by atoms with Gasteiger partial charge in [-0.1, -0.05) is 11.8 Å². The van der Waals surface area contributed by atoms with Crippen LogP contribution >= 0.6 is 0 Å². The minimum atomic E-state index is 0.713. The Bertz CT molecular complexity index is 164. The van der Waals surface area contributed by atoms with Crippen LogP contribution in [0, 0.1) is 17.8 Å². The van der Waals surface area contributed by atoms with Crippen molar-refractivity contribution in [2.75, 3.05) is 0 Å². The Morgan fingerprint density at radius 1 is 1.83 bits per heavy atom. The fraction of sp³-hybridized carbons (Fsp3) is 0.333. The molecule has 0 aromatic rings. The van der Waals surface area contributed by atoms with E-state index in [2.05, 4.69) is 11.8 Å². The maximum Gasteiger partial charge on any atom is 0.0463 e. The third-order valence-corrected chi connectivity index (χ3v) is 1.24. The maximum atomic E-state index is 3.05. The molecule has 1 saturated carbocycles. The molecule has 0 spiro atoms. The molecule has 1 fully saturated rings. The van der Waals surface area contributed by atoms with Gasteiger partial charge in [0.15, 0.2) is 0 Å². The van der Waals surface area contributed by atoms with Gasteiger partial charge in [0.05, 0.1) is 0 Å². The van der Waals surface area contributed by atoms with Gasteiger partial charge in [-0.25, -0.2) is 0 Å². The Morgan fingerprint density at radius 2 is 2.83 bits per heavy atom. The molecule has 2 aliphatic carbocycles. The standard InChI is InChI=1S/C6H4/c1-2-5-4-6(5)3-1/h2,6H,4H2. The van der Waals surface area contributed by atoms with Gasteiger partial charge in [0.25, 0.3) is 0 Å².